The zero-order valence-electron chi connectivity index (χ0n) is 10.1. The lowest BCUT2D eigenvalue weighted by Crippen LogP contribution is -2.12. The van der Waals surface area contributed by atoms with Crippen molar-refractivity contribution in [3.8, 4) is 0 Å². The Kier molecular flexibility index (Phi) is 3.76. The van der Waals surface area contributed by atoms with E-state index in [9.17, 15) is 18.0 Å². The highest BCUT2D eigenvalue weighted by Gasteiger charge is 2.35. The topological polar surface area (TPSA) is 63.3 Å². The summed E-state index contributed by atoms with van der Waals surface area (Å²) in [5.74, 6) is -1.62. The van der Waals surface area contributed by atoms with Crippen LogP contribution in [0.15, 0.2) is 39.0 Å². The number of hydrogen-bond acceptors (Lipinski definition) is 4. The van der Waals surface area contributed by atoms with E-state index in [1.54, 1.807) is 6.92 Å². The van der Waals surface area contributed by atoms with E-state index in [4.69, 9.17) is 9.52 Å². The van der Waals surface area contributed by atoms with Crippen LogP contribution in [0.5, 0.6) is 0 Å². The first-order valence-electron chi connectivity index (χ1n) is 5.32. The number of nitrogens with zero attached hydrogens (tertiary/aromatic N) is 1. The van der Waals surface area contributed by atoms with Crippen LogP contribution in [0.2, 0.25) is 0 Å². The molecule has 0 aliphatic rings. The molecule has 0 unspecified atom stereocenters. The molecule has 1 N–H and O–H groups in total. The van der Waals surface area contributed by atoms with Crippen LogP contribution in [0.4, 0.5) is 13.2 Å². The molecule has 0 radical (unpaired) electrons. The van der Waals surface area contributed by atoms with E-state index in [1.165, 1.54) is 12.3 Å². The Morgan fingerprint density at radius 3 is 2.60 bits per heavy atom. The smallest absolute Gasteiger partial charge is 0.417 e. The van der Waals surface area contributed by atoms with Crippen molar-refractivity contribution < 1.29 is 27.5 Å². The first-order chi connectivity index (χ1) is 9.27. The number of aromatic carboxylic acids is 1. The van der Waals surface area contributed by atoms with Crippen LogP contribution in [0.25, 0.3) is 0 Å². The van der Waals surface area contributed by atoms with Crippen LogP contribution in [0, 0.1) is 6.92 Å². The van der Waals surface area contributed by atoms with E-state index in [1.807, 2.05) is 0 Å². The lowest BCUT2D eigenvalue weighted by atomic mass is 10.1. The fraction of sp³-hybridized carbons (Fsp3) is 0.167. The van der Waals surface area contributed by atoms with Gasteiger partial charge in [0, 0.05) is 4.90 Å². The number of carbonyl (C=O) groups is 1. The lowest BCUT2D eigenvalue weighted by Gasteiger charge is -2.11. The number of carboxylic acid groups (broad SMARTS) is 1. The highest BCUT2D eigenvalue weighted by atomic mass is 32.2. The van der Waals surface area contributed by atoms with E-state index in [0.29, 0.717) is 5.69 Å². The van der Waals surface area contributed by atoms with Crippen molar-refractivity contribution >= 4 is 17.7 Å². The fourth-order valence-corrected chi connectivity index (χ4v) is 2.29. The number of aromatic nitrogens is 1. The maximum atomic E-state index is 12.8. The average molecular weight is 303 g/mol. The number of hydrogen-bond donors (Lipinski definition) is 1. The van der Waals surface area contributed by atoms with Gasteiger partial charge in [-0.1, -0.05) is 0 Å². The average Bonchev–Trinajstić information content (AvgIpc) is 2.73. The van der Waals surface area contributed by atoms with Gasteiger partial charge in [0.05, 0.1) is 16.8 Å². The second-order valence-corrected chi connectivity index (χ2v) is 4.89. The van der Waals surface area contributed by atoms with Crippen LogP contribution < -0.4 is 0 Å². The molecule has 4 nitrogen and oxygen atoms in total. The normalized spacial score (nSPS) is 11.6. The molecule has 0 aliphatic carbocycles. The number of alkyl halides is 3. The molecule has 1 heterocycles. The van der Waals surface area contributed by atoms with E-state index in [2.05, 4.69) is 4.98 Å². The lowest BCUT2D eigenvalue weighted by molar-refractivity contribution is -0.138. The molecule has 0 fully saturated rings. The molecule has 2 aromatic rings. The second kappa shape index (κ2) is 5.20. The number of carboxylic acids is 1. The van der Waals surface area contributed by atoms with Crippen molar-refractivity contribution in [2.45, 2.75) is 23.2 Å². The Bertz CT molecular complexity index is 652. The van der Waals surface area contributed by atoms with Crippen molar-refractivity contribution in [2.24, 2.45) is 0 Å². The van der Waals surface area contributed by atoms with E-state index in [-0.39, 0.29) is 10.1 Å². The van der Waals surface area contributed by atoms with Gasteiger partial charge < -0.3 is 9.52 Å². The van der Waals surface area contributed by atoms with Gasteiger partial charge in [0.25, 0.3) is 5.22 Å². The first kappa shape index (κ1) is 14.4. The van der Waals surface area contributed by atoms with Gasteiger partial charge in [0.2, 0.25) is 0 Å². The predicted molar refractivity (Wildman–Crippen MR) is 63.8 cm³/mol. The Hall–Kier alpha value is -1.96. The largest absolute Gasteiger partial charge is 0.478 e. The van der Waals surface area contributed by atoms with Gasteiger partial charge >= 0.3 is 12.1 Å². The molecule has 8 heteroatoms. The summed E-state index contributed by atoms with van der Waals surface area (Å²) >= 11 is 0.888. The molecule has 0 saturated carbocycles. The number of oxazole rings is 1. The molecule has 0 aliphatic heterocycles. The van der Waals surface area contributed by atoms with E-state index in [0.717, 1.165) is 23.9 Å². The third-order valence-corrected chi connectivity index (χ3v) is 3.18. The molecule has 0 amide bonds. The van der Waals surface area contributed by atoms with Crippen LogP contribution in [0.3, 0.4) is 0 Å². The van der Waals surface area contributed by atoms with Crippen LogP contribution in [-0.4, -0.2) is 16.1 Å². The summed E-state index contributed by atoms with van der Waals surface area (Å²) in [6.07, 6.45) is -3.37. The van der Waals surface area contributed by atoms with Gasteiger partial charge in [-0.2, -0.15) is 13.2 Å². The summed E-state index contributed by atoms with van der Waals surface area (Å²) in [6.45, 7) is 1.68. The molecule has 1 aromatic heterocycles. The molecule has 106 valence electrons. The van der Waals surface area contributed by atoms with E-state index >= 15 is 0 Å². The molecular formula is C12H8F3NO3S. The maximum absolute atomic E-state index is 12.8. The zero-order chi connectivity index (χ0) is 14.9. The summed E-state index contributed by atoms with van der Waals surface area (Å²) in [7, 11) is 0. The standard InChI is InChI=1S/C12H8F3NO3S/c1-6-5-19-11(16-6)20-7-2-3-8(10(17)18)9(4-7)12(13,14)15/h2-5H,1H3,(H,17,18). The number of halogens is 3. The fourth-order valence-electron chi connectivity index (χ4n) is 1.49. The van der Waals surface area contributed by atoms with Crippen molar-refractivity contribution in [3.63, 3.8) is 0 Å². The quantitative estimate of drug-likeness (QED) is 0.933. The van der Waals surface area contributed by atoms with Crippen LogP contribution in [0.1, 0.15) is 21.6 Å². The zero-order valence-corrected chi connectivity index (χ0v) is 10.9. The Balaban J connectivity index is 2.39. The molecule has 2 rings (SSSR count). The first-order valence-corrected chi connectivity index (χ1v) is 6.13. The van der Waals surface area contributed by atoms with Crippen molar-refractivity contribution in [2.75, 3.05) is 0 Å². The number of rotatable bonds is 3. The molecule has 0 bridgehead atoms. The summed E-state index contributed by atoms with van der Waals surface area (Å²) in [6, 6.07) is 2.97. The molecule has 0 atom stereocenters. The SMILES string of the molecule is Cc1coc(Sc2ccc(C(=O)O)c(C(F)(F)F)c2)n1. The van der Waals surface area contributed by atoms with Crippen molar-refractivity contribution in [1.82, 2.24) is 4.98 Å². The maximum Gasteiger partial charge on any atom is 0.417 e. The van der Waals surface area contributed by atoms with Crippen molar-refractivity contribution in [3.05, 3.63) is 41.3 Å². The van der Waals surface area contributed by atoms with Gasteiger partial charge in [0.1, 0.15) is 6.26 Å². The highest BCUT2D eigenvalue weighted by molar-refractivity contribution is 7.99. The minimum atomic E-state index is -4.74. The van der Waals surface area contributed by atoms with Gasteiger partial charge in [-0.3, -0.25) is 0 Å². The molecule has 20 heavy (non-hydrogen) atoms. The number of benzene rings is 1. The molecule has 1 aromatic carbocycles. The number of aryl methyl sites for hydroxylation is 1. The second-order valence-electron chi connectivity index (χ2n) is 3.87. The van der Waals surface area contributed by atoms with Crippen molar-refractivity contribution in [1.29, 1.82) is 0 Å². The molecule has 0 spiro atoms. The summed E-state index contributed by atoms with van der Waals surface area (Å²) in [5.41, 5.74) is -1.38. The summed E-state index contributed by atoms with van der Waals surface area (Å²) in [4.78, 5) is 15.0. The van der Waals surface area contributed by atoms with Gasteiger partial charge in [-0.25, -0.2) is 9.78 Å². The monoisotopic (exact) mass is 303 g/mol. The third-order valence-electron chi connectivity index (χ3n) is 2.33. The third kappa shape index (κ3) is 3.13. The minimum absolute atomic E-state index is 0.193. The van der Waals surface area contributed by atoms with E-state index < -0.39 is 23.3 Å². The minimum Gasteiger partial charge on any atom is -0.478 e. The molecule has 0 saturated heterocycles. The Morgan fingerprint density at radius 2 is 2.10 bits per heavy atom. The Morgan fingerprint density at radius 1 is 1.40 bits per heavy atom. The summed E-state index contributed by atoms with van der Waals surface area (Å²) < 4.78 is 43.5. The van der Waals surface area contributed by atoms with Gasteiger partial charge in [-0.15, -0.1) is 0 Å². The van der Waals surface area contributed by atoms with Crippen LogP contribution >= 0.6 is 11.8 Å². The molecular weight excluding hydrogens is 295 g/mol. The predicted octanol–water partition coefficient (Wildman–Crippen LogP) is 3.85. The Labute approximate surface area is 115 Å². The van der Waals surface area contributed by atoms with Gasteiger partial charge in [-0.05, 0) is 36.9 Å². The summed E-state index contributed by atoms with van der Waals surface area (Å²) in [5, 5.41) is 8.97. The highest BCUT2D eigenvalue weighted by Crippen LogP contribution is 2.36. The van der Waals surface area contributed by atoms with Crippen LogP contribution in [-0.2, 0) is 6.18 Å². The van der Waals surface area contributed by atoms with Gasteiger partial charge in [0.15, 0.2) is 0 Å².